The molecule has 1 heterocycles. The summed E-state index contributed by atoms with van der Waals surface area (Å²) >= 11 is 5.77. The molecule has 1 aromatic carbocycles. The molecule has 1 aromatic rings. The van der Waals surface area contributed by atoms with Crippen LogP contribution in [0.4, 0.5) is 10.5 Å². The number of carbonyl (C=O) groups is 3. The summed E-state index contributed by atoms with van der Waals surface area (Å²) in [6, 6.07) is 6.13. The fraction of sp³-hybridized carbons (Fsp3) is 0.400. The molecular weight excluding hydrogens is 306 g/mol. The molecule has 4 amide bonds. The molecule has 0 bridgehead atoms. The van der Waals surface area contributed by atoms with Crippen LogP contribution in [-0.2, 0) is 9.59 Å². The van der Waals surface area contributed by atoms with E-state index in [0.717, 1.165) is 17.7 Å². The van der Waals surface area contributed by atoms with Gasteiger partial charge in [0.25, 0.3) is 5.91 Å². The maximum atomic E-state index is 12.4. The smallest absolute Gasteiger partial charge is 0.325 e. The topological polar surface area (TPSA) is 78.5 Å². The third kappa shape index (κ3) is 2.66. The third-order valence-corrected chi connectivity index (χ3v) is 4.38. The van der Waals surface area contributed by atoms with Gasteiger partial charge in [0.2, 0.25) is 5.91 Å². The molecule has 2 aliphatic rings. The monoisotopic (exact) mass is 321 g/mol. The zero-order chi connectivity index (χ0) is 15.7. The van der Waals surface area contributed by atoms with E-state index in [4.69, 9.17) is 11.6 Å². The van der Waals surface area contributed by atoms with Crippen molar-refractivity contribution in [1.29, 1.82) is 0 Å². The van der Waals surface area contributed by atoms with Crippen molar-refractivity contribution >= 4 is 35.1 Å². The van der Waals surface area contributed by atoms with E-state index in [9.17, 15) is 14.4 Å². The van der Waals surface area contributed by atoms with E-state index in [2.05, 4.69) is 10.6 Å². The first-order chi connectivity index (χ1) is 10.5. The molecule has 3 rings (SSSR count). The molecule has 7 heteroatoms. The Hall–Kier alpha value is -2.08. The Kier molecular flexibility index (Phi) is 3.78. The summed E-state index contributed by atoms with van der Waals surface area (Å²) in [7, 11) is 0. The Morgan fingerprint density at radius 3 is 2.50 bits per heavy atom. The summed E-state index contributed by atoms with van der Waals surface area (Å²) in [5.74, 6) is -0.706. The first-order valence-corrected chi connectivity index (χ1v) is 7.57. The third-order valence-electron chi connectivity index (χ3n) is 4.13. The van der Waals surface area contributed by atoms with Gasteiger partial charge in [-0.15, -0.1) is 0 Å². The van der Waals surface area contributed by atoms with Crippen LogP contribution in [0.25, 0.3) is 0 Å². The molecule has 2 fully saturated rings. The molecule has 0 aromatic heterocycles. The van der Waals surface area contributed by atoms with Crippen LogP contribution in [0, 0.1) is 0 Å². The van der Waals surface area contributed by atoms with Gasteiger partial charge in [0, 0.05) is 10.7 Å². The van der Waals surface area contributed by atoms with Crippen LogP contribution in [0.1, 0.15) is 25.7 Å². The van der Waals surface area contributed by atoms with Crippen molar-refractivity contribution in [3.63, 3.8) is 0 Å². The van der Waals surface area contributed by atoms with Gasteiger partial charge in [-0.05, 0) is 37.1 Å². The van der Waals surface area contributed by atoms with Gasteiger partial charge in [0.1, 0.15) is 12.1 Å². The molecule has 22 heavy (non-hydrogen) atoms. The zero-order valence-electron chi connectivity index (χ0n) is 11.9. The first kappa shape index (κ1) is 14.8. The van der Waals surface area contributed by atoms with Gasteiger partial charge in [-0.1, -0.05) is 24.4 Å². The minimum Gasteiger partial charge on any atom is -0.325 e. The highest BCUT2D eigenvalue weighted by atomic mass is 35.5. The fourth-order valence-electron chi connectivity index (χ4n) is 3.01. The van der Waals surface area contributed by atoms with Crippen LogP contribution in [0.2, 0.25) is 5.02 Å². The minimum absolute atomic E-state index is 0.283. The Balaban J connectivity index is 1.65. The molecule has 0 unspecified atom stereocenters. The average molecular weight is 322 g/mol. The number of nitrogens with zero attached hydrogens (tertiary/aromatic N) is 1. The van der Waals surface area contributed by atoms with Crippen molar-refractivity contribution in [2.75, 3.05) is 11.9 Å². The van der Waals surface area contributed by atoms with Crippen molar-refractivity contribution < 1.29 is 14.4 Å². The van der Waals surface area contributed by atoms with Crippen LogP contribution >= 0.6 is 11.6 Å². The number of carbonyl (C=O) groups excluding carboxylic acids is 3. The highest BCUT2D eigenvalue weighted by Crippen LogP contribution is 2.34. The predicted molar refractivity (Wildman–Crippen MR) is 81.5 cm³/mol. The summed E-state index contributed by atoms with van der Waals surface area (Å²) in [5.41, 5.74) is -0.213. The lowest BCUT2D eigenvalue weighted by Crippen LogP contribution is -2.44. The van der Waals surface area contributed by atoms with Gasteiger partial charge in [0.15, 0.2) is 0 Å². The highest BCUT2D eigenvalue weighted by Gasteiger charge is 2.52. The number of rotatable bonds is 3. The van der Waals surface area contributed by atoms with E-state index in [1.807, 2.05) is 0 Å². The zero-order valence-corrected chi connectivity index (χ0v) is 12.7. The molecule has 2 N–H and O–H groups in total. The van der Waals surface area contributed by atoms with Crippen molar-refractivity contribution in [2.45, 2.75) is 31.2 Å². The molecule has 1 aliphatic carbocycles. The summed E-state index contributed by atoms with van der Waals surface area (Å²) < 4.78 is 0. The molecule has 6 nitrogen and oxygen atoms in total. The van der Waals surface area contributed by atoms with Crippen molar-refractivity contribution in [2.24, 2.45) is 0 Å². The Labute approximate surface area is 132 Å². The predicted octanol–water partition coefficient (Wildman–Crippen LogP) is 2.14. The number of urea groups is 1. The first-order valence-electron chi connectivity index (χ1n) is 7.20. The molecule has 116 valence electrons. The van der Waals surface area contributed by atoms with Crippen molar-refractivity contribution in [1.82, 2.24) is 10.2 Å². The molecule has 1 saturated heterocycles. The Bertz CT molecular complexity index is 623. The number of benzene rings is 1. The molecule has 1 spiro atoms. The molecule has 0 radical (unpaired) electrons. The molecule has 0 atom stereocenters. The number of anilines is 1. The average Bonchev–Trinajstić information content (AvgIpc) is 3.03. The van der Waals surface area contributed by atoms with E-state index in [1.54, 1.807) is 24.3 Å². The second-order valence-electron chi connectivity index (χ2n) is 5.67. The Morgan fingerprint density at radius 2 is 1.86 bits per heavy atom. The lowest BCUT2D eigenvalue weighted by molar-refractivity contribution is -0.133. The van der Waals surface area contributed by atoms with Gasteiger partial charge in [-0.2, -0.15) is 0 Å². The summed E-state index contributed by atoms with van der Waals surface area (Å²) in [5, 5.41) is 5.96. The molecular formula is C15H16ClN3O3. The highest BCUT2D eigenvalue weighted by molar-refractivity contribution is 6.30. The van der Waals surface area contributed by atoms with Gasteiger partial charge in [-0.3, -0.25) is 14.5 Å². The van der Waals surface area contributed by atoms with Crippen molar-refractivity contribution in [3.8, 4) is 0 Å². The molecule has 1 saturated carbocycles. The summed E-state index contributed by atoms with van der Waals surface area (Å²) in [4.78, 5) is 37.4. The maximum Gasteiger partial charge on any atom is 0.325 e. The van der Waals surface area contributed by atoms with Gasteiger partial charge >= 0.3 is 6.03 Å². The van der Waals surface area contributed by atoms with Gasteiger partial charge < -0.3 is 10.6 Å². The van der Waals surface area contributed by atoms with Gasteiger partial charge in [0.05, 0.1) is 0 Å². The quantitative estimate of drug-likeness (QED) is 0.837. The van der Waals surface area contributed by atoms with E-state index < -0.39 is 17.5 Å². The summed E-state index contributed by atoms with van der Waals surface area (Å²) in [6.07, 6.45) is 3.12. The van der Waals surface area contributed by atoms with Crippen LogP contribution < -0.4 is 10.6 Å². The number of nitrogens with one attached hydrogen (secondary N) is 2. The number of imide groups is 1. The second kappa shape index (κ2) is 5.61. The van der Waals surface area contributed by atoms with Crippen LogP contribution in [0.5, 0.6) is 0 Å². The van der Waals surface area contributed by atoms with E-state index in [1.165, 1.54) is 0 Å². The standard InChI is InChI=1S/C15H16ClN3O3/c16-10-3-5-11(6-4-10)17-12(20)9-19-13(21)15(18-14(19)22)7-1-2-8-15/h3-6H,1-2,7-9H2,(H,17,20)(H,18,22). The van der Waals surface area contributed by atoms with Crippen LogP contribution in [0.3, 0.4) is 0 Å². The SMILES string of the molecule is O=C(CN1C(=O)NC2(CCCC2)C1=O)Nc1ccc(Cl)cc1. The number of amides is 4. The van der Waals surface area contributed by atoms with Gasteiger partial charge in [-0.25, -0.2) is 4.79 Å². The minimum atomic E-state index is -0.780. The Morgan fingerprint density at radius 1 is 1.23 bits per heavy atom. The summed E-state index contributed by atoms with van der Waals surface area (Å²) in [6.45, 7) is -0.283. The second-order valence-corrected chi connectivity index (χ2v) is 6.10. The fourth-order valence-corrected chi connectivity index (χ4v) is 3.14. The van der Waals surface area contributed by atoms with Crippen LogP contribution in [0.15, 0.2) is 24.3 Å². The largest absolute Gasteiger partial charge is 0.325 e. The van der Waals surface area contributed by atoms with Crippen molar-refractivity contribution in [3.05, 3.63) is 29.3 Å². The van der Waals surface area contributed by atoms with E-state index in [0.29, 0.717) is 23.6 Å². The van der Waals surface area contributed by atoms with E-state index in [-0.39, 0.29) is 12.5 Å². The van der Waals surface area contributed by atoms with Crippen LogP contribution in [-0.4, -0.2) is 34.8 Å². The lowest BCUT2D eigenvalue weighted by atomic mass is 9.98. The normalized spacial score (nSPS) is 19.6. The number of hydrogen-bond acceptors (Lipinski definition) is 3. The molecule has 1 aliphatic heterocycles. The maximum absolute atomic E-state index is 12.4. The van der Waals surface area contributed by atoms with E-state index >= 15 is 0 Å². The lowest BCUT2D eigenvalue weighted by Gasteiger charge is -2.19. The number of halogens is 1. The number of hydrogen-bond donors (Lipinski definition) is 2.